The van der Waals surface area contributed by atoms with E-state index in [1.165, 1.54) is 0 Å². The first kappa shape index (κ1) is 12.3. The Morgan fingerprint density at radius 3 is 2.79 bits per heavy atom. The molecular weight excluding hydrogens is 242 g/mol. The van der Waals surface area contributed by atoms with E-state index in [0.29, 0.717) is 11.8 Å². The van der Waals surface area contributed by atoms with Gasteiger partial charge in [0, 0.05) is 44.1 Å². The summed E-state index contributed by atoms with van der Waals surface area (Å²) in [5.41, 5.74) is 1.08. The van der Waals surface area contributed by atoms with E-state index in [-0.39, 0.29) is 5.92 Å². The second-order valence-electron chi connectivity index (χ2n) is 5.19. The molecule has 1 aromatic rings. The van der Waals surface area contributed by atoms with Gasteiger partial charge >= 0.3 is 0 Å². The van der Waals surface area contributed by atoms with Crippen LogP contribution in [0.3, 0.4) is 0 Å². The van der Waals surface area contributed by atoms with Crippen molar-refractivity contribution in [3.8, 4) is 5.88 Å². The number of aromatic nitrogens is 1. The smallest absolute Gasteiger partial charge is 0.229 e. The molecule has 1 aromatic heterocycles. The number of hydrogen-bond acceptors (Lipinski definition) is 4. The van der Waals surface area contributed by atoms with Gasteiger partial charge in [-0.3, -0.25) is 4.79 Å². The average molecular weight is 261 g/mol. The molecule has 0 bridgehead atoms. The van der Waals surface area contributed by atoms with Gasteiger partial charge in [0.15, 0.2) is 0 Å². The summed E-state index contributed by atoms with van der Waals surface area (Å²) < 4.78 is 5.12. The Morgan fingerprint density at radius 1 is 1.37 bits per heavy atom. The molecule has 0 aliphatic carbocycles. The fourth-order valence-corrected chi connectivity index (χ4v) is 2.75. The zero-order chi connectivity index (χ0) is 13.2. The van der Waals surface area contributed by atoms with Crippen molar-refractivity contribution in [1.29, 1.82) is 0 Å². The summed E-state index contributed by atoms with van der Waals surface area (Å²) in [4.78, 5) is 20.5. The molecule has 2 aliphatic rings. The number of nitrogens with zero attached hydrogens (tertiary/aromatic N) is 3. The Morgan fingerprint density at radius 2 is 2.11 bits per heavy atom. The average Bonchev–Trinajstić information content (AvgIpc) is 2.91. The number of likely N-dealkylation sites (tertiary alicyclic amines) is 1. The summed E-state index contributed by atoms with van der Waals surface area (Å²) in [5, 5.41) is 0. The third-order valence-electron chi connectivity index (χ3n) is 3.94. The molecule has 3 rings (SSSR count). The van der Waals surface area contributed by atoms with Gasteiger partial charge in [-0.15, -0.1) is 0 Å². The molecule has 0 unspecified atom stereocenters. The number of amides is 1. The van der Waals surface area contributed by atoms with Crippen LogP contribution in [0.15, 0.2) is 18.3 Å². The van der Waals surface area contributed by atoms with Crippen LogP contribution in [0.25, 0.3) is 0 Å². The second-order valence-corrected chi connectivity index (χ2v) is 5.19. The van der Waals surface area contributed by atoms with Gasteiger partial charge in [0.2, 0.25) is 11.8 Å². The van der Waals surface area contributed by atoms with Gasteiger partial charge in [-0.2, -0.15) is 0 Å². The SMILES string of the molecule is COc1cc(N2CC(C(=O)N3CCCC3)C2)ccn1. The lowest BCUT2D eigenvalue weighted by Gasteiger charge is -2.41. The second kappa shape index (κ2) is 5.07. The Hall–Kier alpha value is -1.78. The third-order valence-corrected chi connectivity index (χ3v) is 3.94. The largest absolute Gasteiger partial charge is 0.481 e. The van der Waals surface area contributed by atoms with Crippen molar-refractivity contribution >= 4 is 11.6 Å². The van der Waals surface area contributed by atoms with E-state index >= 15 is 0 Å². The number of carbonyl (C=O) groups excluding carboxylic acids is 1. The lowest BCUT2D eigenvalue weighted by molar-refractivity contribution is -0.135. The van der Waals surface area contributed by atoms with Gasteiger partial charge < -0.3 is 14.5 Å². The summed E-state index contributed by atoms with van der Waals surface area (Å²) in [6.45, 7) is 3.50. The highest BCUT2D eigenvalue weighted by atomic mass is 16.5. The van der Waals surface area contributed by atoms with Crippen LogP contribution in [-0.2, 0) is 4.79 Å². The molecule has 0 aromatic carbocycles. The Balaban J connectivity index is 1.58. The summed E-state index contributed by atoms with van der Waals surface area (Å²) in [5.74, 6) is 1.11. The van der Waals surface area contributed by atoms with Crippen molar-refractivity contribution in [1.82, 2.24) is 9.88 Å². The van der Waals surface area contributed by atoms with Crippen LogP contribution in [0.5, 0.6) is 5.88 Å². The molecule has 3 heterocycles. The van der Waals surface area contributed by atoms with Crippen molar-refractivity contribution in [2.24, 2.45) is 5.92 Å². The van der Waals surface area contributed by atoms with Gasteiger partial charge in [-0.05, 0) is 18.9 Å². The fraction of sp³-hybridized carbons (Fsp3) is 0.571. The maximum atomic E-state index is 12.2. The predicted molar refractivity (Wildman–Crippen MR) is 72.3 cm³/mol. The maximum absolute atomic E-state index is 12.2. The first-order valence-electron chi connectivity index (χ1n) is 6.81. The van der Waals surface area contributed by atoms with Gasteiger partial charge in [0.25, 0.3) is 0 Å². The van der Waals surface area contributed by atoms with Crippen molar-refractivity contribution < 1.29 is 9.53 Å². The van der Waals surface area contributed by atoms with Gasteiger partial charge in [0.05, 0.1) is 13.0 Å². The third kappa shape index (κ3) is 2.37. The number of carbonyl (C=O) groups is 1. The zero-order valence-corrected chi connectivity index (χ0v) is 11.2. The summed E-state index contributed by atoms with van der Waals surface area (Å²) in [6, 6.07) is 3.87. The van der Waals surface area contributed by atoms with Crippen LogP contribution in [0, 0.1) is 5.92 Å². The normalized spacial score (nSPS) is 19.4. The highest BCUT2D eigenvalue weighted by Gasteiger charge is 2.36. The van der Waals surface area contributed by atoms with E-state index < -0.39 is 0 Å². The van der Waals surface area contributed by atoms with Gasteiger partial charge in [-0.1, -0.05) is 0 Å². The molecule has 2 aliphatic heterocycles. The van der Waals surface area contributed by atoms with E-state index in [0.717, 1.165) is 44.7 Å². The minimum absolute atomic E-state index is 0.164. The first-order valence-corrected chi connectivity index (χ1v) is 6.81. The van der Waals surface area contributed by atoms with E-state index in [1.807, 2.05) is 17.0 Å². The van der Waals surface area contributed by atoms with E-state index in [9.17, 15) is 4.79 Å². The number of methoxy groups -OCH3 is 1. The topological polar surface area (TPSA) is 45.7 Å². The quantitative estimate of drug-likeness (QED) is 0.819. The summed E-state index contributed by atoms with van der Waals surface area (Å²) in [6.07, 6.45) is 4.05. The van der Waals surface area contributed by atoms with E-state index in [2.05, 4.69) is 9.88 Å². The van der Waals surface area contributed by atoms with Gasteiger partial charge in [-0.25, -0.2) is 4.98 Å². The number of rotatable bonds is 3. The van der Waals surface area contributed by atoms with Crippen LogP contribution < -0.4 is 9.64 Å². The predicted octanol–water partition coefficient (Wildman–Crippen LogP) is 1.15. The van der Waals surface area contributed by atoms with Crippen LogP contribution in [-0.4, -0.2) is 49.1 Å². The molecule has 5 heteroatoms. The molecule has 0 N–H and O–H groups in total. The van der Waals surface area contributed by atoms with Crippen molar-refractivity contribution in [2.45, 2.75) is 12.8 Å². The van der Waals surface area contributed by atoms with E-state index in [1.54, 1.807) is 13.3 Å². The minimum Gasteiger partial charge on any atom is -0.481 e. The van der Waals surface area contributed by atoms with Crippen LogP contribution in [0.1, 0.15) is 12.8 Å². The number of ether oxygens (including phenoxy) is 1. The Bertz CT molecular complexity index is 466. The van der Waals surface area contributed by atoms with Crippen LogP contribution in [0.2, 0.25) is 0 Å². The highest BCUT2D eigenvalue weighted by molar-refractivity contribution is 5.82. The van der Waals surface area contributed by atoms with Crippen LogP contribution >= 0.6 is 0 Å². The first-order chi connectivity index (χ1) is 9.28. The molecule has 2 fully saturated rings. The summed E-state index contributed by atoms with van der Waals surface area (Å²) >= 11 is 0. The van der Waals surface area contributed by atoms with Crippen molar-refractivity contribution in [3.05, 3.63) is 18.3 Å². The molecule has 0 atom stereocenters. The van der Waals surface area contributed by atoms with Crippen molar-refractivity contribution in [3.63, 3.8) is 0 Å². The Labute approximate surface area is 113 Å². The zero-order valence-electron chi connectivity index (χ0n) is 11.2. The fourth-order valence-electron chi connectivity index (χ4n) is 2.75. The van der Waals surface area contributed by atoms with Gasteiger partial charge in [0.1, 0.15) is 0 Å². The molecule has 0 saturated carbocycles. The Kier molecular flexibility index (Phi) is 3.27. The molecule has 19 heavy (non-hydrogen) atoms. The molecule has 2 saturated heterocycles. The summed E-state index contributed by atoms with van der Waals surface area (Å²) in [7, 11) is 1.61. The van der Waals surface area contributed by atoms with E-state index in [4.69, 9.17) is 4.74 Å². The molecule has 5 nitrogen and oxygen atoms in total. The lowest BCUT2D eigenvalue weighted by Crippen LogP contribution is -2.54. The standard InChI is InChI=1S/C14H19N3O2/c1-19-13-8-12(4-5-15-13)17-9-11(10-17)14(18)16-6-2-3-7-16/h4-5,8,11H,2-3,6-7,9-10H2,1H3. The number of anilines is 1. The minimum atomic E-state index is 0.164. The molecule has 0 spiro atoms. The monoisotopic (exact) mass is 261 g/mol. The van der Waals surface area contributed by atoms with Crippen LogP contribution in [0.4, 0.5) is 5.69 Å². The molecule has 0 radical (unpaired) electrons. The highest BCUT2D eigenvalue weighted by Crippen LogP contribution is 2.28. The lowest BCUT2D eigenvalue weighted by atomic mass is 9.98. The number of hydrogen-bond donors (Lipinski definition) is 0. The van der Waals surface area contributed by atoms with Crippen molar-refractivity contribution in [2.75, 3.05) is 38.2 Å². The number of pyridine rings is 1. The maximum Gasteiger partial charge on any atom is 0.229 e. The molecular formula is C14H19N3O2. The molecule has 102 valence electrons. The molecule has 1 amide bonds.